The minimum Gasteiger partial charge on any atom is -0.462 e. The molecule has 6 nitrogen and oxygen atoms in total. The third-order valence-electron chi connectivity index (χ3n) is 13.0. The summed E-state index contributed by atoms with van der Waals surface area (Å²) in [6.07, 6.45) is 95.5. The molecule has 1 unspecified atom stereocenters. The number of hydrogen-bond donors (Lipinski definition) is 0. The van der Waals surface area contributed by atoms with Gasteiger partial charge in [0.25, 0.3) is 0 Å². The van der Waals surface area contributed by atoms with E-state index in [0.29, 0.717) is 19.3 Å². The van der Waals surface area contributed by atoms with Crippen molar-refractivity contribution in [2.24, 2.45) is 0 Å². The first-order chi connectivity index (χ1) is 39.0. The molecule has 6 heteroatoms. The number of rotatable bonds is 56. The highest BCUT2D eigenvalue weighted by molar-refractivity contribution is 5.71. The lowest BCUT2D eigenvalue weighted by Crippen LogP contribution is -2.30. The number of unbranched alkanes of at least 4 members (excludes halogenated alkanes) is 19. The fourth-order valence-corrected chi connectivity index (χ4v) is 8.32. The van der Waals surface area contributed by atoms with E-state index in [1.807, 2.05) is 0 Å². The third-order valence-corrected chi connectivity index (χ3v) is 13.0. The Morgan fingerprint density at radius 1 is 0.266 bits per heavy atom. The molecule has 0 aliphatic carbocycles. The van der Waals surface area contributed by atoms with Gasteiger partial charge in [0.15, 0.2) is 6.10 Å². The first-order valence-corrected chi connectivity index (χ1v) is 32.0. The average Bonchev–Trinajstić information content (AvgIpc) is 3.45. The maximum Gasteiger partial charge on any atom is 0.306 e. The fraction of sp³-hybridized carbons (Fsp3) is 0.603. The van der Waals surface area contributed by atoms with Gasteiger partial charge in [-0.15, -0.1) is 0 Å². The SMILES string of the molecule is CC/C=C\C/C=C\C/C=C\C/C=C\C/C=C\C/C=C\C/C=C\C/C=C\CCCCCCCCCCC(=O)OCC(COC(=O)CCCCCCCCCCCCC)OC(=O)CCC/C=C\C/C=C\C/C=C\C/C=C\C/C=C\CC. The molecule has 0 N–H and O–H groups in total. The zero-order valence-electron chi connectivity index (χ0n) is 50.8. The zero-order chi connectivity index (χ0) is 57.1. The average molecular weight is 1090 g/mol. The lowest BCUT2D eigenvalue weighted by atomic mass is 10.1. The fourth-order valence-electron chi connectivity index (χ4n) is 8.32. The molecule has 0 aliphatic rings. The van der Waals surface area contributed by atoms with E-state index in [9.17, 15) is 14.4 Å². The standard InChI is InChI=1S/C73H116O6/c1-4-7-10-13-16-19-22-24-26-28-29-30-31-32-33-34-35-36-37-38-39-40-41-42-43-45-46-48-51-54-57-60-63-66-72(75)78-69-70(68-77-71(74)65-62-59-56-53-50-21-18-15-12-9-6-3)79-73(76)67-64-61-58-55-52-49-47-44-27-25-23-20-17-14-11-8-5-2/h7-8,10-11,16-17,19-20,24-27,29-30,32-33,35-36,38-39,41-42,47,49,55,58,70H,4-6,9,12-15,18,21-23,28,31,34,37,40,43-46,48,50-54,56-57,59-69H2,1-3H3/b10-7-,11-8-,19-16-,20-17-,26-24-,27-25-,30-29-,33-32-,36-35-,39-38-,42-41-,49-47-,58-55-. The summed E-state index contributed by atoms with van der Waals surface area (Å²) in [7, 11) is 0. The van der Waals surface area contributed by atoms with Crippen LogP contribution in [0.2, 0.25) is 0 Å². The summed E-state index contributed by atoms with van der Waals surface area (Å²) in [5.74, 6) is -0.978. The van der Waals surface area contributed by atoms with Crippen molar-refractivity contribution in [1.82, 2.24) is 0 Å². The van der Waals surface area contributed by atoms with E-state index in [1.165, 1.54) is 83.5 Å². The number of hydrogen-bond acceptors (Lipinski definition) is 6. The minimum atomic E-state index is -0.816. The molecule has 0 aromatic carbocycles. The molecule has 0 radical (unpaired) electrons. The van der Waals surface area contributed by atoms with Crippen molar-refractivity contribution in [1.29, 1.82) is 0 Å². The van der Waals surface area contributed by atoms with E-state index in [4.69, 9.17) is 14.2 Å². The van der Waals surface area contributed by atoms with Crippen LogP contribution >= 0.6 is 0 Å². The molecule has 79 heavy (non-hydrogen) atoms. The predicted molar refractivity (Wildman–Crippen MR) is 343 cm³/mol. The van der Waals surface area contributed by atoms with Crippen molar-refractivity contribution in [3.05, 3.63) is 158 Å². The highest BCUT2D eigenvalue weighted by atomic mass is 16.6. The van der Waals surface area contributed by atoms with Gasteiger partial charge in [0.2, 0.25) is 0 Å². The summed E-state index contributed by atoms with van der Waals surface area (Å²) in [5, 5.41) is 0. The number of carbonyl (C=O) groups is 3. The number of ether oxygens (including phenoxy) is 3. The second-order valence-corrected chi connectivity index (χ2v) is 20.6. The van der Waals surface area contributed by atoms with Crippen molar-refractivity contribution in [2.75, 3.05) is 13.2 Å². The maximum absolute atomic E-state index is 12.8. The van der Waals surface area contributed by atoms with Gasteiger partial charge in [0.1, 0.15) is 13.2 Å². The molecule has 0 aromatic rings. The van der Waals surface area contributed by atoms with Crippen LogP contribution in [0, 0.1) is 0 Å². The Labute approximate surface area is 486 Å². The van der Waals surface area contributed by atoms with Crippen LogP contribution in [0.4, 0.5) is 0 Å². The second kappa shape index (κ2) is 65.5. The molecular formula is C73H116O6. The highest BCUT2D eigenvalue weighted by Crippen LogP contribution is 2.15. The van der Waals surface area contributed by atoms with Gasteiger partial charge >= 0.3 is 17.9 Å². The van der Waals surface area contributed by atoms with Crippen LogP contribution in [0.25, 0.3) is 0 Å². The van der Waals surface area contributed by atoms with Crippen LogP contribution in [0.1, 0.15) is 265 Å². The number of esters is 3. The van der Waals surface area contributed by atoms with Gasteiger partial charge in [-0.1, -0.05) is 281 Å². The van der Waals surface area contributed by atoms with Crippen molar-refractivity contribution in [3.63, 3.8) is 0 Å². The third kappa shape index (κ3) is 63.7. The molecule has 0 spiro atoms. The summed E-state index contributed by atoms with van der Waals surface area (Å²) in [6, 6.07) is 0. The smallest absolute Gasteiger partial charge is 0.306 e. The van der Waals surface area contributed by atoms with Gasteiger partial charge in [-0.3, -0.25) is 14.4 Å². The van der Waals surface area contributed by atoms with Crippen LogP contribution in [0.5, 0.6) is 0 Å². The van der Waals surface area contributed by atoms with Crippen molar-refractivity contribution >= 4 is 17.9 Å². The molecule has 444 valence electrons. The lowest BCUT2D eigenvalue weighted by Gasteiger charge is -2.18. The Kier molecular flexibility index (Phi) is 61.4. The minimum absolute atomic E-state index is 0.107. The largest absolute Gasteiger partial charge is 0.462 e. The van der Waals surface area contributed by atoms with Crippen molar-refractivity contribution in [2.45, 2.75) is 271 Å². The first kappa shape index (κ1) is 74.0. The van der Waals surface area contributed by atoms with Crippen LogP contribution in [-0.4, -0.2) is 37.2 Å². The Morgan fingerprint density at radius 2 is 0.506 bits per heavy atom. The summed E-state index contributed by atoms with van der Waals surface area (Å²) in [5.41, 5.74) is 0. The topological polar surface area (TPSA) is 78.9 Å². The lowest BCUT2D eigenvalue weighted by molar-refractivity contribution is -0.167. The molecule has 0 heterocycles. The Morgan fingerprint density at radius 3 is 0.810 bits per heavy atom. The molecule has 0 saturated carbocycles. The maximum atomic E-state index is 12.8. The van der Waals surface area contributed by atoms with E-state index in [0.717, 1.165) is 135 Å². The van der Waals surface area contributed by atoms with Gasteiger partial charge < -0.3 is 14.2 Å². The van der Waals surface area contributed by atoms with E-state index in [2.05, 4.69) is 179 Å². The molecule has 0 fully saturated rings. The van der Waals surface area contributed by atoms with Crippen molar-refractivity contribution < 1.29 is 28.6 Å². The molecule has 0 aromatic heterocycles. The van der Waals surface area contributed by atoms with Crippen LogP contribution in [0.3, 0.4) is 0 Å². The van der Waals surface area contributed by atoms with Crippen LogP contribution < -0.4 is 0 Å². The molecule has 0 amide bonds. The Hall–Kier alpha value is -4.97. The quantitative estimate of drug-likeness (QED) is 0.0261. The zero-order valence-corrected chi connectivity index (χ0v) is 50.8. The van der Waals surface area contributed by atoms with E-state index >= 15 is 0 Å². The van der Waals surface area contributed by atoms with Gasteiger partial charge in [-0.2, -0.15) is 0 Å². The predicted octanol–water partition coefficient (Wildman–Crippen LogP) is 22.1. The number of allylic oxidation sites excluding steroid dienone is 26. The summed E-state index contributed by atoms with van der Waals surface area (Å²) in [6.45, 7) is 6.35. The summed E-state index contributed by atoms with van der Waals surface area (Å²) in [4.78, 5) is 38.2. The first-order valence-electron chi connectivity index (χ1n) is 32.0. The molecule has 0 rings (SSSR count). The van der Waals surface area contributed by atoms with Crippen molar-refractivity contribution in [3.8, 4) is 0 Å². The Balaban J connectivity index is 4.32. The summed E-state index contributed by atoms with van der Waals surface area (Å²) < 4.78 is 16.8. The normalized spacial score (nSPS) is 13.2. The van der Waals surface area contributed by atoms with E-state index in [-0.39, 0.29) is 37.5 Å². The van der Waals surface area contributed by atoms with E-state index in [1.54, 1.807) is 0 Å². The van der Waals surface area contributed by atoms with Crippen LogP contribution in [-0.2, 0) is 28.6 Å². The van der Waals surface area contributed by atoms with Gasteiger partial charge in [0.05, 0.1) is 0 Å². The molecule has 0 bridgehead atoms. The molecule has 1 atom stereocenters. The number of carbonyl (C=O) groups excluding carboxylic acids is 3. The molecule has 0 saturated heterocycles. The highest BCUT2D eigenvalue weighted by Gasteiger charge is 2.19. The van der Waals surface area contributed by atoms with Crippen LogP contribution in [0.15, 0.2) is 158 Å². The summed E-state index contributed by atoms with van der Waals surface area (Å²) >= 11 is 0. The van der Waals surface area contributed by atoms with Gasteiger partial charge in [0, 0.05) is 19.3 Å². The van der Waals surface area contributed by atoms with E-state index < -0.39 is 6.10 Å². The molecular weight excluding hydrogens is 973 g/mol. The second-order valence-electron chi connectivity index (χ2n) is 20.6. The van der Waals surface area contributed by atoms with Gasteiger partial charge in [-0.25, -0.2) is 0 Å². The molecule has 0 aliphatic heterocycles. The monoisotopic (exact) mass is 1090 g/mol. The Bertz CT molecular complexity index is 1780. The van der Waals surface area contributed by atoms with Gasteiger partial charge in [-0.05, 0) is 122 Å².